The maximum Gasteiger partial charge on any atom is 0.255 e. The minimum Gasteiger partial charge on any atom is -0.352 e. The molecule has 0 saturated heterocycles. The number of carbonyl (C=O) groups is 2. The van der Waals surface area contributed by atoms with Crippen molar-refractivity contribution in [3.8, 4) is 0 Å². The first-order valence-corrected chi connectivity index (χ1v) is 11.6. The van der Waals surface area contributed by atoms with Gasteiger partial charge in [0.2, 0.25) is 10.0 Å². The van der Waals surface area contributed by atoms with Crippen LogP contribution in [-0.2, 0) is 10.0 Å². The summed E-state index contributed by atoms with van der Waals surface area (Å²) in [4.78, 5) is 25.5. The van der Waals surface area contributed by atoms with Crippen LogP contribution in [0.1, 0.15) is 60.9 Å². The molecule has 0 saturated carbocycles. The summed E-state index contributed by atoms with van der Waals surface area (Å²) < 4.78 is 27.9. The van der Waals surface area contributed by atoms with Crippen LogP contribution < -0.4 is 15.4 Å². The van der Waals surface area contributed by atoms with Gasteiger partial charge in [0.15, 0.2) is 0 Å². The molecule has 0 aliphatic heterocycles. The highest BCUT2D eigenvalue weighted by Crippen LogP contribution is 2.21. The Bertz CT molecular complexity index is 1070. The lowest BCUT2D eigenvalue weighted by atomic mass is 10.1. The van der Waals surface area contributed by atoms with Crippen molar-refractivity contribution in [1.29, 1.82) is 0 Å². The second-order valence-corrected chi connectivity index (χ2v) is 10.6. The summed E-state index contributed by atoms with van der Waals surface area (Å²) in [5, 5.41) is 5.58. The summed E-state index contributed by atoms with van der Waals surface area (Å²) in [6, 6.07) is 11.1. The number of amides is 2. The van der Waals surface area contributed by atoms with Crippen LogP contribution in [0.2, 0.25) is 0 Å². The Morgan fingerprint density at radius 2 is 1.61 bits per heavy atom. The minimum absolute atomic E-state index is 0.00105. The molecule has 2 rings (SSSR count). The van der Waals surface area contributed by atoms with Crippen LogP contribution in [0, 0.1) is 12.8 Å². The van der Waals surface area contributed by atoms with Gasteiger partial charge in [-0.15, -0.1) is 0 Å². The Balaban J connectivity index is 2.32. The van der Waals surface area contributed by atoms with Crippen LogP contribution in [-0.4, -0.2) is 32.3 Å². The largest absolute Gasteiger partial charge is 0.352 e. The number of hydrogen-bond acceptors (Lipinski definition) is 4. The van der Waals surface area contributed by atoms with E-state index >= 15 is 0 Å². The zero-order chi connectivity index (χ0) is 23.4. The Hall–Kier alpha value is -2.71. The van der Waals surface area contributed by atoms with Crippen molar-refractivity contribution in [3.63, 3.8) is 0 Å². The maximum atomic E-state index is 13.0. The van der Waals surface area contributed by atoms with Crippen molar-refractivity contribution >= 4 is 27.5 Å². The summed E-state index contributed by atoms with van der Waals surface area (Å²) in [6.07, 6.45) is 0. The van der Waals surface area contributed by atoms with Gasteiger partial charge in [0, 0.05) is 17.6 Å². The van der Waals surface area contributed by atoms with E-state index in [0.717, 1.165) is 0 Å². The molecule has 0 aliphatic carbocycles. The fraction of sp³-hybridized carbons (Fsp3) is 0.391. The average molecular weight is 446 g/mol. The topological polar surface area (TPSA) is 104 Å². The van der Waals surface area contributed by atoms with E-state index < -0.39 is 21.5 Å². The molecule has 31 heavy (non-hydrogen) atoms. The molecule has 3 N–H and O–H groups in total. The summed E-state index contributed by atoms with van der Waals surface area (Å²) in [5.74, 6) is -0.485. The zero-order valence-corrected chi connectivity index (χ0v) is 19.7. The molecule has 7 nitrogen and oxygen atoms in total. The average Bonchev–Trinajstić information content (AvgIpc) is 2.64. The molecule has 2 aromatic carbocycles. The van der Waals surface area contributed by atoms with E-state index in [2.05, 4.69) is 15.4 Å². The summed E-state index contributed by atoms with van der Waals surface area (Å²) >= 11 is 0. The Labute approximate surface area is 184 Å². The number of rotatable bonds is 7. The summed E-state index contributed by atoms with van der Waals surface area (Å²) in [5.41, 5.74) is 0.874. The molecule has 0 heterocycles. The molecule has 0 unspecified atom stereocenters. The second kappa shape index (κ2) is 9.62. The van der Waals surface area contributed by atoms with Crippen molar-refractivity contribution < 1.29 is 18.0 Å². The Kier molecular flexibility index (Phi) is 7.62. The monoisotopic (exact) mass is 445 g/mol. The number of para-hydroxylation sites is 1. The van der Waals surface area contributed by atoms with Gasteiger partial charge in [0.1, 0.15) is 0 Å². The number of benzene rings is 2. The smallest absolute Gasteiger partial charge is 0.255 e. The van der Waals surface area contributed by atoms with E-state index in [4.69, 9.17) is 0 Å². The van der Waals surface area contributed by atoms with Crippen molar-refractivity contribution in [1.82, 2.24) is 10.0 Å². The number of aryl methyl sites for hydroxylation is 1. The SMILES string of the molecule is Cc1ccc(S(=O)(=O)NC(C)(C)C)cc1C(=O)Nc1ccccc1C(=O)NCC(C)C. The Morgan fingerprint density at radius 3 is 2.23 bits per heavy atom. The van der Waals surface area contributed by atoms with Gasteiger partial charge in [-0.25, -0.2) is 13.1 Å². The lowest BCUT2D eigenvalue weighted by Crippen LogP contribution is -2.40. The molecule has 0 aliphatic rings. The van der Waals surface area contributed by atoms with Gasteiger partial charge in [0.05, 0.1) is 16.1 Å². The van der Waals surface area contributed by atoms with Gasteiger partial charge < -0.3 is 10.6 Å². The molecule has 2 aromatic rings. The maximum absolute atomic E-state index is 13.0. The van der Waals surface area contributed by atoms with E-state index in [1.807, 2.05) is 13.8 Å². The molecule has 0 spiro atoms. The van der Waals surface area contributed by atoms with Crippen LogP contribution in [0.3, 0.4) is 0 Å². The normalized spacial score (nSPS) is 12.0. The zero-order valence-electron chi connectivity index (χ0n) is 18.9. The highest BCUT2D eigenvalue weighted by atomic mass is 32.2. The lowest BCUT2D eigenvalue weighted by molar-refractivity contribution is 0.0950. The number of carbonyl (C=O) groups excluding carboxylic acids is 2. The molecule has 8 heteroatoms. The van der Waals surface area contributed by atoms with Crippen LogP contribution >= 0.6 is 0 Å². The van der Waals surface area contributed by atoms with Crippen LogP contribution in [0.15, 0.2) is 47.4 Å². The quantitative estimate of drug-likeness (QED) is 0.604. The van der Waals surface area contributed by atoms with Crippen LogP contribution in [0.25, 0.3) is 0 Å². The second-order valence-electron chi connectivity index (χ2n) is 8.94. The van der Waals surface area contributed by atoms with E-state index in [9.17, 15) is 18.0 Å². The third-order valence-corrected chi connectivity index (χ3v) is 6.05. The molecule has 2 amide bonds. The van der Waals surface area contributed by atoms with Crippen molar-refractivity contribution in [2.45, 2.75) is 52.0 Å². The van der Waals surface area contributed by atoms with Gasteiger partial charge in [-0.3, -0.25) is 9.59 Å². The number of nitrogens with one attached hydrogen (secondary N) is 3. The first kappa shape index (κ1) is 24.6. The highest BCUT2D eigenvalue weighted by Gasteiger charge is 2.24. The first-order chi connectivity index (χ1) is 14.3. The van der Waals surface area contributed by atoms with E-state index in [-0.39, 0.29) is 16.4 Å². The third-order valence-electron chi connectivity index (χ3n) is 4.30. The predicted octanol–water partition coefficient (Wildman–Crippen LogP) is 3.71. The van der Waals surface area contributed by atoms with E-state index in [0.29, 0.717) is 29.3 Å². The van der Waals surface area contributed by atoms with Crippen molar-refractivity contribution in [2.24, 2.45) is 5.92 Å². The summed E-state index contributed by atoms with van der Waals surface area (Å²) in [6.45, 7) is 11.5. The first-order valence-electron chi connectivity index (χ1n) is 10.1. The number of hydrogen-bond donors (Lipinski definition) is 3. The highest BCUT2D eigenvalue weighted by molar-refractivity contribution is 7.89. The van der Waals surface area contributed by atoms with Crippen molar-refractivity contribution in [2.75, 3.05) is 11.9 Å². The van der Waals surface area contributed by atoms with Gasteiger partial charge in [-0.05, 0) is 63.4 Å². The third kappa shape index (κ3) is 6.90. The van der Waals surface area contributed by atoms with Crippen LogP contribution in [0.4, 0.5) is 5.69 Å². The standard InChI is InChI=1S/C23H31N3O4S/c1-15(2)14-24-21(27)18-9-7-8-10-20(18)25-22(28)19-13-17(12-11-16(19)3)31(29,30)26-23(4,5)6/h7-13,15,26H,14H2,1-6H3,(H,24,27)(H,25,28). The van der Waals surface area contributed by atoms with Gasteiger partial charge in [0.25, 0.3) is 11.8 Å². The molecule has 0 radical (unpaired) electrons. The molecule has 0 atom stereocenters. The predicted molar refractivity (Wildman–Crippen MR) is 123 cm³/mol. The number of anilines is 1. The molecule has 168 valence electrons. The van der Waals surface area contributed by atoms with Gasteiger partial charge in [-0.1, -0.05) is 32.0 Å². The lowest BCUT2D eigenvalue weighted by Gasteiger charge is -2.21. The fourth-order valence-electron chi connectivity index (χ4n) is 2.85. The molecule has 0 aromatic heterocycles. The van der Waals surface area contributed by atoms with Crippen LogP contribution in [0.5, 0.6) is 0 Å². The molecular formula is C23H31N3O4S. The number of sulfonamides is 1. The van der Waals surface area contributed by atoms with Gasteiger partial charge in [-0.2, -0.15) is 0 Å². The molecule has 0 fully saturated rings. The van der Waals surface area contributed by atoms with Gasteiger partial charge >= 0.3 is 0 Å². The van der Waals surface area contributed by atoms with Crippen molar-refractivity contribution in [3.05, 3.63) is 59.2 Å². The van der Waals surface area contributed by atoms with E-state index in [1.54, 1.807) is 58.0 Å². The molecular weight excluding hydrogens is 414 g/mol. The fourth-order valence-corrected chi connectivity index (χ4v) is 4.29. The Morgan fingerprint density at radius 1 is 0.968 bits per heavy atom. The minimum atomic E-state index is -3.79. The van der Waals surface area contributed by atoms with E-state index in [1.165, 1.54) is 12.1 Å². The summed E-state index contributed by atoms with van der Waals surface area (Å²) in [7, 11) is -3.79. The molecule has 0 bridgehead atoms.